The third kappa shape index (κ3) is 3.25. The molecule has 1 saturated heterocycles. The summed E-state index contributed by atoms with van der Waals surface area (Å²) in [7, 11) is 0. The topological polar surface area (TPSA) is 35.5 Å². The average Bonchev–Trinajstić information content (AvgIpc) is 2.23. The third-order valence-corrected chi connectivity index (χ3v) is 4.11. The van der Waals surface area contributed by atoms with Crippen LogP contribution in [0.2, 0.25) is 0 Å². The summed E-state index contributed by atoms with van der Waals surface area (Å²) in [6.45, 7) is 14.4. The first-order valence-electron chi connectivity index (χ1n) is 7.01. The molecule has 106 valence electrons. The summed E-state index contributed by atoms with van der Waals surface area (Å²) in [6.07, 6.45) is 1.10. The van der Waals surface area contributed by atoms with Crippen molar-refractivity contribution in [1.29, 1.82) is 0 Å². The maximum Gasteiger partial charge on any atom is 0.303 e. The van der Waals surface area contributed by atoms with E-state index in [1.165, 1.54) is 6.92 Å². The van der Waals surface area contributed by atoms with Crippen molar-refractivity contribution in [3.63, 3.8) is 0 Å². The Kier molecular flexibility index (Phi) is 4.82. The number of hydrogen-bond acceptors (Lipinski definition) is 3. The van der Waals surface area contributed by atoms with Gasteiger partial charge in [0.05, 0.1) is 12.2 Å². The van der Waals surface area contributed by atoms with Crippen LogP contribution in [0.15, 0.2) is 0 Å². The molecule has 1 heterocycles. The standard InChI is InChI=1S/C15H28O3/c1-8-12-9(2)10(3)13(17-11(4)16)14(18-12)15(5,6)7/h9-10,12-14H,8H2,1-7H3/t9-,10-,12?,13?,14-/m0/s1. The first kappa shape index (κ1) is 15.5. The molecule has 0 amide bonds. The van der Waals surface area contributed by atoms with E-state index in [0.29, 0.717) is 11.8 Å². The molecule has 1 fully saturated rings. The molecule has 18 heavy (non-hydrogen) atoms. The van der Waals surface area contributed by atoms with Gasteiger partial charge in [0, 0.05) is 12.8 Å². The summed E-state index contributed by atoms with van der Waals surface area (Å²) in [5.41, 5.74) is -0.0259. The highest BCUT2D eigenvalue weighted by Gasteiger charge is 2.47. The fourth-order valence-electron chi connectivity index (χ4n) is 2.83. The summed E-state index contributed by atoms with van der Waals surface area (Å²) in [5, 5.41) is 0. The maximum absolute atomic E-state index is 11.3. The van der Waals surface area contributed by atoms with Crippen molar-refractivity contribution in [2.45, 2.75) is 73.2 Å². The molecule has 3 nitrogen and oxygen atoms in total. The van der Waals surface area contributed by atoms with Gasteiger partial charge in [0.1, 0.15) is 6.10 Å². The zero-order valence-corrected chi connectivity index (χ0v) is 12.8. The van der Waals surface area contributed by atoms with Gasteiger partial charge in [-0.3, -0.25) is 4.79 Å². The largest absolute Gasteiger partial charge is 0.459 e. The van der Waals surface area contributed by atoms with Crippen LogP contribution in [0.4, 0.5) is 0 Å². The Labute approximate surface area is 111 Å². The van der Waals surface area contributed by atoms with Gasteiger partial charge in [-0.05, 0) is 17.8 Å². The van der Waals surface area contributed by atoms with Crippen LogP contribution in [0.5, 0.6) is 0 Å². The van der Waals surface area contributed by atoms with E-state index >= 15 is 0 Å². The monoisotopic (exact) mass is 256 g/mol. The minimum atomic E-state index is -0.216. The Morgan fingerprint density at radius 2 is 1.78 bits per heavy atom. The second kappa shape index (κ2) is 5.60. The van der Waals surface area contributed by atoms with Crippen LogP contribution in [0, 0.1) is 17.3 Å². The SMILES string of the molecule is CCC1O[C@H](C(C)(C)C)C(OC(C)=O)[C@@H](C)[C@@H]1C. The number of esters is 1. The number of carbonyl (C=O) groups excluding carboxylic acids is 1. The van der Waals surface area contributed by atoms with Crippen LogP contribution in [-0.2, 0) is 14.3 Å². The lowest BCUT2D eigenvalue weighted by atomic mass is 9.73. The smallest absolute Gasteiger partial charge is 0.303 e. The Hall–Kier alpha value is -0.570. The summed E-state index contributed by atoms with van der Waals surface area (Å²) in [6, 6.07) is 0. The van der Waals surface area contributed by atoms with Crippen LogP contribution in [0.1, 0.15) is 54.9 Å². The first-order valence-corrected chi connectivity index (χ1v) is 7.01. The van der Waals surface area contributed by atoms with Crippen molar-refractivity contribution in [2.75, 3.05) is 0 Å². The van der Waals surface area contributed by atoms with E-state index in [9.17, 15) is 4.79 Å². The van der Waals surface area contributed by atoms with Gasteiger partial charge in [-0.1, -0.05) is 41.5 Å². The van der Waals surface area contributed by atoms with Crippen molar-refractivity contribution < 1.29 is 14.3 Å². The minimum Gasteiger partial charge on any atom is -0.459 e. The molecule has 2 unspecified atom stereocenters. The van der Waals surface area contributed by atoms with E-state index in [1.54, 1.807) is 0 Å². The van der Waals surface area contributed by atoms with Crippen LogP contribution >= 0.6 is 0 Å². The molecule has 0 spiro atoms. The Morgan fingerprint density at radius 1 is 1.22 bits per heavy atom. The lowest BCUT2D eigenvalue weighted by Gasteiger charge is -2.48. The van der Waals surface area contributed by atoms with Crippen LogP contribution < -0.4 is 0 Å². The lowest BCUT2D eigenvalue weighted by molar-refractivity contribution is -0.216. The summed E-state index contributed by atoms with van der Waals surface area (Å²) in [5.74, 6) is 0.529. The molecular formula is C15H28O3. The van der Waals surface area contributed by atoms with Gasteiger partial charge in [0.25, 0.3) is 0 Å². The molecule has 0 saturated carbocycles. The van der Waals surface area contributed by atoms with Gasteiger partial charge < -0.3 is 9.47 Å². The van der Waals surface area contributed by atoms with E-state index in [1.807, 2.05) is 0 Å². The zero-order chi connectivity index (χ0) is 14.1. The third-order valence-electron chi connectivity index (χ3n) is 4.11. The fraction of sp³-hybridized carbons (Fsp3) is 0.933. The van der Waals surface area contributed by atoms with Gasteiger partial charge in [-0.2, -0.15) is 0 Å². The average molecular weight is 256 g/mol. The number of ether oxygens (including phenoxy) is 2. The summed E-state index contributed by atoms with van der Waals surface area (Å²) in [4.78, 5) is 11.3. The summed E-state index contributed by atoms with van der Waals surface area (Å²) < 4.78 is 11.8. The molecule has 3 heteroatoms. The fourth-order valence-corrected chi connectivity index (χ4v) is 2.83. The lowest BCUT2D eigenvalue weighted by Crippen LogP contribution is -2.55. The van der Waals surface area contributed by atoms with Crippen molar-refractivity contribution in [3.05, 3.63) is 0 Å². The van der Waals surface area contributed by atoms with Gasteiger partial charge in [-0.15, -0.1) is 0 Å². The van der Waals surface area contributed by atoms with E-state index in [0.717, 1.165) is 6.42 Å². The normalized spacial score (nSPS) is 37.4. The van der Waals surface area contributed by atoms with E-state index in [-0.39, 0.29) is 29.7 Å². The van der Waals surface area contributed by atoms with E-state index in [4.69, 9.17) is 9.47 Å². The van der Waals surface area contributed by atoms with Gasteiger partial charge in [0.2, 0.25) is 0 Å². The number of hydrogen-bond donors (Lipinski definition) is 0. The molecule has 0 aromatic carbocycles. The molecule has 0 aromatic heterocycles. The Bertz CT molecular complexity index is 293. The molecule has 5 atom stereocenters. The highest BCUT2D eigenvalue weighted by molar-refractivity contribution is 5.66. The second-order valence-corrected chi connectivity index (χ2v) is 6.66. The highest BCUT2D eigenvalue weighted by atomic mass is 16.6. The molecule has 1 aliphatic heterocycles. The van der Waals surface area contributed by atoms with Crippen molar-refractivity contribution in [2.24, 2.45) is 17.3 Å². The number of carbonyl (C=O) groups is 1. The molecule has 1 rings (SSSR count). The van der Waals surface area contributed by atoms with Crippen molar-refractivity contribution in [3.8, 4) is 0 Å². The van der Waals surface area contributed by atoms with Gasteiger partial charge in [-0.25, -0.2) is 0 Å². The maximum atomic E-state index is 11.3. The summed E-state index contributed by atoms with van der Waals surface area (Å²) >= 11 is 0. The van der Waals surface area contributed by atoms with Crippen LogP contribution in [0.3, 0.4) is 0 Å². The van der Waals surface area contributed by atoms with E-state index < -0.39 is 0 Å². The Morgan fingerprint density at radius 3 is 2.17 bits per heavy atom. The van der Waals surface area contributed by atoms with E-state index in [2.05, 4.69) is 41.5 Å². The van der Waals surface area contributed by atoms with Crippen LogP contribution in [0.25, 0.3) is 0 Å². The molecule has 0 bridgehead atoms. The molecular weight excluding hydrogens is 228 g/mol. The predicted octanol–water partition coefficient (Wildman–Crippen LogP) is 3.41. The number of rotatable bonds is 2. The minimum absolute atomic E-state index is 0.0259. The molecule has 0 N–H and O–H groups in total. The Balaban J connectivity index is 2.98. The predicted molar refractivity (Wildman–Crippen MR) is 72.3 cm³/mol. The second-order valence-electron chi connectivity index (χ2n) is 6.66. The molecule has 0 radical (unpaired) electrons. The molecule has 1 aliphatic rings. The van der Waals surface area contributed by atoms with Gasteiger partial charge >= 0.3 is 5.97 Å². The molecule has 0 aromatic rings. The zero-order valence-electron chi connectivity index (χ0n) is 12.8. The highest BCUT2D eigenvalue weighted by Crippen LogP contribution is 2.40. The van der Waals surface area contributed by atoms with Gasteiger partial charge in [0.15, 0.2) is 0 Å². The molecule has 0 aliphatic carbocycles. The quantitative estimate of drug-likeness (QED) is 0.710. The van der Waals surface area contributed by atoms with Crippen LogP contribution in [-0.4, -0.2) is 24.3 Å². The first-order chi connectivity index (χ1) is 8.18. The van der Waals surface area contributed by atoms with Crippen molar-refractivity contribution in [1.82, 2.24) is 0 Å². The van der Waals surface area contributed by atoms with Crippen molar-refractivity contribution >= 4 is 5.97 Å².